The molecule has 1 amide bonds. The van der Waals surface area contributed by atoms with Crippen molar-refractivity contribution in [3.05, 3.63) is 47.1 Å². The number of carbonyl (C=O) groups excluding carboxylic acids is 1. The average Bonchev–Trinajstić information content (AvgIpc) is 3.11. The van der Waals surface area contributed by atoms with Gasteiger partial charge in [-0.2, -0.15) is 0 Å². The fourth-order valence-corrected chi connectivity index (χ4v) is 4.57. The van der Waals surface area contributed by atoms with E-state index in [0.717, 1.165) is 59.6 Å². The van der Waals surface area contributed by atoms with E-state index in [1.165, 1.54) is 4.88 Å². The minimum Gasteiger partial charge on any atom is -0.356 e. The summed E-state index contributed by atoms with van der Waals surface area (Å²) in [4.78, 5) is 26.3. The van der Waals surface area contributed by atoms with Gasteiger partial charge in [-0.1, -0.05) is 19.1 Å². The molecule has 2 aromatic heterocycles. The van der Waals surface area contributed by atoms with E-state index in [1.807, 2.05) is 31.2 Å². The lowest BCUT2D eigenvalue weighted by Crippen LogP contribution is -2.38. The van der Waals surface area contributed by atoms with Crippen molar-refractivity contribution in [3.63, 3.8) is 0 Å². The first-order chi connectivity index (χ1) is 13.1. The van der Waals surface area contributed by atoms with Crippen molar-refractivity contribution in [2.24, 2.45) is 5.92 Å². The molecule has 4 rings (SSSR count). The fourth-order valence-electron chi connectivity index (χ4n) is 3.64. The molecule has 3 aromatic rings. The molecule has 3 heterocycles. The molecule has 5 nitrogen and oxygen atoms in total. The molecule has 1 aliphatic rings. The van der Waals surface area contributed by atoms with Crippen LogP contribution in [0, 0.1) is 12.8 Å². The molecule has 1 saturated heterocycles. The number of nitrogens with zero attached hydrogens (tertiary/aromatic N) is 3. The molecule has 1 N–H and O–H groups in total. The second-order valence-corrected chi connectivity index (χ2v) is 8.22. The minimum absolute atomic E-state index is 0.0489. The maximum atomic E-state index is 12.6. The summed E-state index contributed by atoms with van der Waals surface area (Å²) in [5.74, 6) is 1.18. The van der Waals surface area contributed by atoms with E-state index >= 15 is 0 Å². The number of benzene rings is 1. The third kappa shape index (κ3) is 3.81. The minimum atomic E-state index is 0.0489. The predicted octanol–water partition coefficient (Wildman–Crippen LogP) is 4.42. The Bertz CT molecular complexity index is 960. The molecule has 1 fully saturated rings. The maximum Gasteiger partial charge on any atom is 0.227 e. The molecule has 1 aromatic carbocycles. The summed E-state index contributed by atoms with van der Waals surface area (Å²) in [6.45, 7) is 5.88. The van der Waals surface area contributed by atoms with Crippen LogP contribution < -0.4 is 10.2 Å². The molecule has 0 atom stereocenters. The van der Waals surface area contributed by atoms with E-state index in [0.29, 0.717) is 0 Å². The zero-order valence-corrected chi connectivity index (χ0v) is 16.6. The molecule has 0 bridgehead atoms. The van der Waals surface area contributed by atoms with Gasteiger partial charge in [-0.05, 0) is 49.9 Å². The molecule has 0 unspecified atom stereocenters. The first kappa shape index (κ1) is 17.9. The van der Waals surface area contributed by atoms with E-state index in [-0.39, 0.29) is 11.8 Å². The van der Waals surface area contributed by atoms with E-state index in [1.54, 1.807) is 17.7 Å². The molecule has 0 spiro atoms. The van der Waals surface area contributed by atoms with Gasteiger partial charge in [0.15, 0.2) is 0 Å². The average molecular weight is 381 g/mol. The van der Waals surface area contributed by atoms with Crippen molar-refractivity contribution < 1.29 is 4.79 Å². The quantitative estimate of drug-likeness (QED) is 0.728. The SMILES string of the molecule is CCc1cc2c(N3CCC(C(=O)Nc4cccc(C)c4)CC3)ncnc2s1. The number of hydrogen-bond acceptors (Lipinski definition) is 5. The van der Waals surface area contributed by atoms with Crippen LogP contribution in [0.15, 0.2) is 36.7 Å². The highest BCUT2D eigenvalue weighted by Crippen LogP contribution is 2.32. The number of aromatic nitrogens is 2. The Morgan fingerprint density at radius 1 is 1.26 bits per heavy atom. The summed E-state index contributed by atoms with van der Waals surface area (Å²) in [7, 11) is 0. The van der Waals surface area contributed by atoms with E-state index in [4.69, 9.17) is 0 Å². The normalized spacial score (nSPS) is 15.3. The summed E-state index contributed by atoms with van der Waals surface area (Å²) in [5.41, 5.74) is 2.03. The molecular formula is C21H24N4OS. The molecule has 6 heteroatoms. The van der Waals surface area contributed by atoms with Gasteiger partial charge in [-0.15, -0.1) is 11.3 Å². The van der Waals surface area contributed by atoms with Crippen LogP contribution >= 0.6 is 11.3 Å². The molecule has 0 aliphatic carbocycles. The maximum absolute atomic E-state index is 12.6. The zero-order chi connectivity index (χ0) is 18.8. The first-order valence-electron chi connectivity index (χ1n) is 9.50. The van der Waals surface area contributed by atoms with Crippen molar-refractivity contribution in [2.75, 3.05) is 23.3 Å². The lowest BCUT2D eigenvalue weighted by molar-refractivity contribution is -0.120. The lowest BCUT2D eigenvalue weighted by Gasteiger charge is -2.32. The number of amides is 1. The smallest absolute Gasteiger partial charge is 0.227 e. The van der Waals surface area contributed by atoms with Gasteiger partial charge < -0.3 is 10.2 Å². The number of carbonyl (C=O) groups is 1. The first-order valence-corrected chi connectivity index (χ1v) is 10.3. The Hall–Kier alpha value is -2.47. The summed E-state index contributed by atoms with van der Waals surface area (Å²) < 4.78 is 0. The van der Waals surface area contributed by atoms with Gasteiger partial charge in [-0.25, -0.2) is 9.97 Å². The zero-order valence-electron chi connectivity index (χ0n) is 15.7. The second kappa shape index (κ2) is 7.64. The van der Waals surface area contributed by atoms with Crippen molar-refractivity contribution in [1.29, 1.82) is 0 Å². The molecule has 140 valence electrons. The topological polar surface area (TPSA) is 58.1 Å². The van der Waals surface area contributed by atoms with Crippen LogP contribution in [0.25, 0.3) is 10.2 Å². The number of thiophene rings is 1. The van der Waals surface area contributed by atoms with Gasteiger partial charge in [0.25, 0.3) is 0 Å². The van der Waals surface area contributed by atoms with Crippen molar-refractivity contribution in [2.45, 2.75) is 33.1 Å². The van der Waals surface area contributed by atoms with Crippen LogP contribution in [0.3, 0.4) is 0 Å². The highest BCUT2D eigenvalue weighted by molar-refractivity contribution is 7.18. The molecule has 1 aliphatic heterocycles. The summed E-state index contributed by atoms with van der Waals surface area (Å²) in [6, 6.07) is 10.2. The Morgan fingerprint density at radius 2 is 2.07 bits per heavy atom. The Kier molecular flexibility index (Phi) is 5.07. The number of nitrogens with one attached hydrogen (secondary N) is 1. The molecule has 27 heavy (non-hydrogen) atoms. The Balaban J connectivity index is 1.43. The van der Waals surface area contributed by atoms with Crippen LogP contribution in [0.2, 0.25) is 0 Å². The number of hydrogen-bond donors (Lipinski definition) is 1. The third-order valence-corrected chi connectivity index (χ3v) is 6.35. The van der Waals surface area contributed by atoms with E-state index in [2.05, 4.69) is 33.2 Å². The van der Waals surface area contributed by atoms with Crippen LogP contribution in [-0.2, 0) is 11.2 Å². The number of rotatable bonds is 4. The number of anilines is 2. The number of aryl methyl sites for hydroxylation is 2. The van der Waals surface area contributed by atoms with Gasteiger partial charge in [-0.3, -0.25) is 4.79 Å². The molecular weight excluding hydrogens is 356 g/mol. The van der Waals surface area contributed by atoms with Crippen LogP contribution in [-0.4, -0.2) is 29.0 Å². The number of fused-ring (bicyclic) bond motifs is 1. The summed E-state index contributed by atoms with van der Waals surface area (Å²) in [5, 5.41) is 4.21. The van der Waals surface area contributed by atoms with E-state index in [9.17, 15) is 4.79 Å². The number of piperidine rings is 1. The summed E-state index contributed by atoms with van der Waals surface area (Å²) in [6.07, 6.45) is 4.35. The molecule has 0 radical (unpaired) electrons. The van der Waals surface area contributed by atoms with Gasteiger partial charge >= 0.3 is 0 Å². The lowest BCUT2D eigenvalue weighted by atomic mass is 9.95. The fraction of sp³-hybridized carbons (Fsp3) is 0.381. The van der Waals surface area contributed by atoms with Gasteiger partial charge in [0, 0.05) is 29.6 Å². The van der Waals surface area contributed by atoms with Crippen LogP contribution in [0.1, 0.15) is 30.2 Å². The van der Waals surface area contributed by atoms with Crippen molar-refractivity contribution >= 4 is 39.0 Å². The monoisotopic (exact) mass is 380 g/mol. The third-order valence-electron chi connectivity index (χ3n) is 5.16. The highest BCUT2D eigenvalue weighted by Gasteiger charge is 2.27. The largest absolute Gasteiger partial charge is 0.356 e. The van der Waals surface area contributed by atoms with E-state index < -0.39 is 0 Å². The Morgan fingerprint density at radius 3 is 2.81 bits per heavy atom. The van der Waals surface area contributed by atoms with Crippen LogP contribution in [0.5, 0.6) is 0 Å². The standard InChI is InChI=1S/C21H24N4OS/c1-3-17-12-18-19(22-13-23-21(18)27-17)25-9-7-15(8-10-25)20(26)24-16-6-4-5-14(2)11-16/h4-6,11-13,15H,3,7-10H2,1-2H3,(H,24,26). The van der Waals surface area contributed by atoms with Gasteiger partial charge in [0.05, 0.1) is 5.39 Å². The molecule has 0 saturated carbocycles. The predicted molar refractivity (Wildman–Crippen MR) is 112 cm³/mol. The van der Waals surface area contributed by atoms with Gasteiger partial charge in [0.2, 0.25) is 5.91 Å². The van der Waals surface area contributed by atoms with Crippen LogP contribution in [0.4, 0.5) is 11.5 Å². The van der Waals surface area contributed by atoms with Crippen molar-refractivity contribution in [3.8, 4) is 0 Å². The summed E-state index contributed by atoms with van der Waals surface area (Å²) >= 11 is 1.74. The van der Waals surface area contributed by atoms with Crippen molar-refractivity contribution in [1.82, 2.24) is 9.97 Å². The second-order valence-electron chi connectivity index (χ2n) is 7.10. The van der Waals surface area contributed by atoms with Gasteiger partial charge in [0.1, 0.15) is 17.0 Å². The Labute approximate surface area is 163 Å². The highest BCUT2D eigenvalue weighted by atomic mass is 32.1.